The number of allylic oxidation sites excluding steroid dienone is 10. The summed E-state index contributed by atoms with van der Waals surface area (Å²) in [5.74, 6) is -0.934. The molecule has 0 spiro atoms. The molecule has 0 aromatic heterocycles. The van der Waals surface area contributed by atoms with Gasteiger partial charge in [-0.3, -0.25) is 14.4 Å². The van der Waals surface area contributed by atoms with Crippen molar-refractivity contribution in [1.82, 2.24) is 0 Å². The monoisotopic (exact) mass is 825 g/mol. The van der Waals surface area contributed by atoms with E-state index in [1.165, 1.54) is 122 Å². The van der Waals surface area contributed by atoms with Gasteiger partial charge in [-0.15, -0.1) is 0 Å². The first-order chi connectivity index (χ1) is 29.0. The van der Waals surface area contributed by atoms with Crippen LogP contribution in [0.4, 0.5) is 0 Å². The molecule has 1 unspecified atom stereocenters. The van der Waals surface area contributed by atoms with Crippen LogP contribution in [0.15, 0.2) is 60.8 Å². The van der Waals surface area contributed by atoms with Gasteiger partial charge in [-0.05, 0) is 89.9 Å². The highest BCUT2D eigenvalue weighted by Crippen LogP contribution is 2.14. The molecule has 0 saturated heterocycles. The van der Waals surface area contributed by atoms with Crippen molar-refractivity contribution >= 4 is 17.9 Å². The summed E-state index contributed by atoms with van der Waals surface area (Å²) in [6, 6.07) is 0. The summed E-state index contributed by atoms with van der Waals surface area (Å²) >= 11 is 0. The molecule has 0 aromatic rings. The first kappa shape index (κ1) is 56.1. The van der Waals surface area contributed by atoms with Gasteiger partial charge in [0, 0.05) is 19.3 Å². The third-order valence-electron chi connectivity index (χ3n) is 10.5. The fourth-order valence-electron chi connectivity index (χ4n) is 6.70. The molecule has 0 heterocycles. The van der Waals surface area contributed by atoms with E-state index < -0.39 is 6.10 Å². The van der Waals surface area contributed by atoms with E-state index in [0.717, 1.165) is 77.0 Å². The Labute approximate surface area is 364 Å². The quantitative estimate of drug-likeness (QED) is 0.0200. The van der Waals surface area contributed by atoms with E-state index in [9.17, 15) is 14.4 Å². The van der Waals surface area contributed by atoms with E-state index in [-0.39, 0.29) is 31.1 Å². The summed E-state index contributed by atoms with van der Waals surface area (Å²) in [6.45, 7) is 6.50. The van der Waals surface area contributed by atoms with Crippen LogP contribution in [0, 0.1) is 0 Å². The molecular formula is C53H92O6. The number of ether oxygens (including phenoxy) is 3. The van der Waals surface area contributed by atoms with Crippen LogP contribution in [0.3, 0.4) is 0 Å². The third-order valence-corrected chi connectivity index (χ3v) is 10.5. The first-order valence-corrected chi connectivity index (χ1v) is 24.8. The van der Waals surface area contributed by atoms with Gasteiger partial charge < -0.3 is 14.2 Å². The summed E-state index contributed by atoms with van der Waals surface area (Å²) in [6.07, 6.45) is 57.7. The van der Waals surface area contributed by atoms with Crippen molar-refractivity contribution in [3.05, 3.63) is 60.8 Å². The zero-order chi connectivity index (χ0) is 43.0. The summed E-state index contributed by atoms with van der Waals surface area (Å²) in [4.78, 5) is 37.9. The van der Waals surface area contributed by atoms with Gasteiger partial charge in [-0.25, -0.2) is 0 Å². The molecule has 0 amide bonds. The number of hydrogen-bond acceptors (Lipinski definition) is 6. The lowest BCUT2D eigenvalue weighted by molar-refractivity contribution is -0.167. The molecule has 6 nitrogen and oxygen atoms in total. The van der Waals surface area contributed by atoms with E-state index in [1.54, 1.807) is 0 Å². The summed E-state index contributed by atoms with van der Waals surface area (Å²) in [7, 11) is 0. The van der Waals surface area contributed by atoms with Gasteiger partial charge in [-0.2, -0.15) is 0 Å². The molecule has 0 aliphatic rings. The van der Waals surface area contributed by atoms with Gasteiger partial charge in [0.15, 0.2) is 6.10 Å². The molecule has 59 heavy (non-hydrogen) atoms. The summed E-state index contributed by atoms with van der Waals surface area (Å²) in [5.41, 5.74) is 0. The van der Waals surface area contributed by atoms with Crippen LogP contribution in [0.1, 0.15) is 239 Å². The smallest absolute Gasteiger partial charge is 0.306 e. The lowest BCUT2D eigenvalue weighted by atomic mass is 10.1. The predicted molar refractivity (Wildman–Crippen MR) is 251 cm³/mol. The van der Waals surface area contributed by atoms with E-state index in [2.05, 4.69) is 81.5 Å². The highest BCUT2D eigenvalue weighted by molar-refractivity contribution is 5.71. The first-order valence-electron chi connectivity index (χ1n) is 24.8. The molecule has 0 radical (unpaired) electrons. The fourth-order valence-corrected chi connectivity index (χ4v) is 6.70. The number of esters is 3. The maximum Gasteiger partial charge on any atom is 0.306 e. The molecule has 6 heteroatoms. The topological polar surface area (TPSA) is 78.9 Å². The minimum atomic E-state index is -0.790. The van der Waals surface area contributed by atoms with E-state index in [0.29, 0.717) is 19.3 Å². The second kappa shape index (κ2) is 47.8. The molecule has 0 aliphatic heterocycles. The van der Waals surface area contributed by atoms with E-state index in [4.69, 9.17) is 14.2 Å². The lowest BCUT2D eigenvalue weighted by Gasteiger charge is -2.18. The maximum atomic E-state index is 12.8. The second-order valence-electron chi connectivity index (χ2n) is 16.4. The van der Waals surface area contributed by atoms with Crippen LogP contribution in [-0.2, 0) is 28.6 Å². The van der Waals surface area contributed by atoms with Crippen molar-refractivity contribution in [1.29, 1.82) is 0 Å². The highest BCUT2D eigenvalue weighted by atomic mass is 16.6. The Bertz CT molecular complexity index is 1090. The van der Waals surface area contributed by atoms with Crippen LogP contribution < -0.4 is 0 Å². The minimum Gasteiger partial charge on any atom is -0.462 e. The van der Waals surface area contributed by atoms with Gasteiger partial charge in [0.1, 0.15) is 13.2 Å². The van der Waals surface area contributed by atoms with Gasteiger partial charge in [-0.1, -0.05) is 191 Å². The normalized spacial score (nSPS) is 12.5. The van der Waals surface area contributed by atoms with Crippen LogP contribution >= 0.6 is 0 Å². The van der Waals surface area contributed by atoms with E-state index in [1.807, 2.05) is 0 Å². The van der Waals surface area contributed by atoms with Crippen molar-refractivity contribution in [2.45, 2.75) is 245 Å². The standard InChI is InChI=1S/C53H92O6/c1-4-7-10-13-16-19-22-24-26-28-31-34-37-40-43-46-52(55)58-49-50(48-57-51(54)45-42-39-36-33-30-21-18-15-12-9-6-3)59-53(56)47-44-41-38-35-32-29-27-25-23-20-17-14-11-8-5-2/h15-16,18-24,30,50H,4-14,17,25-29,31-49H2,1-3H3/b18-15-,19-16-,23-20-,24-22-,30-21-. The largest absolute Gasteiger partial charge is 0.462 e. The van der Waals surface area contributed by atoms with Gasteiger partial charge in [0.05, 0.1) is 0 Å². The predicted octanol–water partition coefficient (Wildman–Crippen LogP) is 16.1. The van der Waals surface area contributed by atoms with Gasteiger partial charge >= 0.3 is 17.9 Å². The molecule has 340 valence electrons. The molecule has 0 bridgehead atoms. The number of rotatable bonds is 44. The Morgan fingerprint density at radius 1 is 0.339 bits per heavy atom. The number of hydrogen-bond donors (Lipinski definition) is 0. The second-order valence-corrected chi connectivity index (χ2v) is 16.4. The van der Waals surface area contributed by atoms with Crippen molar-refractivity contribution in [2.75, 3.05) is 13.2 Å². The van der Waals surface area contributed by atoms with Crippen LogP contribution in [0.25, 0.3) is 0 Å². The average Bonchev–Trinajstić information content (AvgIpc) is 3.23. The Hall–Kier alpha value is -2.89. The summed E-state index contributed by atoms with van der Waals surface area (Å²) in [5, 5.41) is 0. The Balaban J connectivity index is 4.42. The van der Waals surface area contributed by atoms with Gasteiger partial charge in [0.25, 0.3) is 0 Å². The molecule has 0 aliphatic carbocycles. The molecule has 0 fully saturated rings. The molecule has 0 rings (SSSR count). The highest BCUT2D eigenvalue weighted by Gasteiger charge is 2.19. The number of carbonyl (C=O) groups excluding carboxylic acids is 3. The van der Waals surface area contributed by atoms with Crippen molar-refractivity contribution in [3.63, 3.8) is 0 Å². The minimum absolute atomic E-state index is 0.0907. The molecule has 0 N–H and O–H groups in total. The van der Waals surface area contributed by atoms with Crippen LogP contribution in [0.5, 0.6) is 0 Å². The Kier molecular flexibility index (Phi) is 45.4. The van der Waals surface area contributed by atoms with Crippen LogP contribution in [-0.4, -0.2) is 37.2 Å². The molecule has 0 aromatic carbocycles. The Morgan fingerprint density at radius 3 is 1.05 bits per heavy atom. The number of unbranched alkanes of at least 4 members (excludes halogenated alkanes) is 25. The van der Waals surface area contributed by atoms with Crippen molar-refractivity contribution in [3.8, 4) is 0 Å². The number of carbonyl (C=O) groups is 3. The molecule has 0 saturated carbocycles. The molecular weight excluding hydrogens is 733 g/mol. The zero-order valence-electron chi connectivity index (χ0n) is 38.8. The average molecular weight is 825 g/mol. The van der Waals surface area contributed by atoms with Gasteiger partial charge in [0.2, 0.25) is 0 Å². The molecule has 1 atom stereocenters. The van der Waals surface area contributed by atoms with Crippen molar-refractivity contribution in [2.24, 2.45) is 0 Å². The fraction of sp³-hybridized carbons (Fsp3) is 0.755. The van der Waals surface area contributed by atoms with Crippen molar-refractivity contribution < 1.29 is 28.6 Å². The zero-order valence-corrected chi connectivity index (χ0v) is 38.8. The SMILES string of the molecule is CCCC/C=C\C=C/CCCCCC(=O)OCC(COC(=O)CCCCCCCC/C=C\C=C/CCCCC)OC(=O)CCCCCCCCC/C=C\CCCCCC. The summed E-state index contributed by atoms with van der Waals surface area (Å²) < 4.78 is 16.7. The van der Waals surface area contributed by atoms with Crippen LogP contribution in [0.2, 0.25) is 0 Å². The van der Waals surface area contributed by atoms with E-state index >= 15 is 0 Å². The third kappa shape index (κ3) is 46.0. The Morgan fingerprint density at radius 2 is 0.627 bits per heavy atom. The maximum absolute atomic E-state index is 12.8. The lowest BCUT2D eigenvalue weighted by Crippen LogP contribution is -2.30.